The van der Waals surface area contributed by atoms with Gasteiger partial charge in [0.15, 0.2) is 5.96 Å². The fourth-order valence-electron chi connectivity index (χ4n) is 2.28. The highest BCUT2D eigenvalue weighted by Gasteiger charge is 2.04. The van der Waals surface area contributed by atoms with Gasteiger partial charge in [0.05, 0.1) is 11.6 Å². The number of halogens is 1. The van der Waals surface area contributed by atoms with Crippen LogP contribution >= 0.6 is 35.7 Å². The molecule has 0 saturated carbocycles. The summed E-state index contributed by atoms with van der Waals surface area (Å²) < 4.78 is 0. The van der Waals surface area contributed by atoms with Crippen LogP contribution in [-0.4, -0.2) is 19.3 Å². The number of guanidine groups is 1. The third kappa shape index (κ3) is 6.59. The standard InChI is InChI=1S/C19H22N4S.HI/c1-14-4-9-17(18(10-14)24-3)13-23-19(21-2)22-12-16-7-5-15(11-20)6-8-16;/h4-10H,12-13H2,1-3H3,(H2,21,22,23);1H. The molecule has 6 heteroatoms. The number of nitrogens with zero attached hydrogens (tertiary/aromatic N) is 2. The molecule has 25 heavy (non-hydrogen) atoms. The third-order valence-electron chi connectivity index (χ3n) is 3.66. The maximum absolute atomic E-state index is 8.83. The summed E-state index contributed by atoms with van der Waals surface area (Å²) >= 11 is 1.76. The highest BCUT2D eigenvalue weighted by Crippen LogP contribution is 2.21. The molecule has 2 aromatic rings. The van der Waals surface area contributed by atoms with E-state index in [1.54, 1.807) is 18.8 Å². The van der Waals surface area contributed by atoms with E-state index in [1.807, 2.05) is 24.3 Å². The molecule has 0 unspecified atom stereocenters. The maximum Gasteiger partial charge on any atom is 0.191 e. The van der Waals surface area contributed by atoms with E-state index in [0.29, 0.717) is 12.1 Å². The fourth-order valence-corrected chi connectivity index (χ4v) is 2.99. The van der Waals surface area contributed by atoms with Gasteiger partial charge in [0, 0.05) is 25.0 Å². The van der Waals surface area contributed by atoms with Crippen LogP contribution in [0.5, 0.6) is 0 Å². The van der Waals surface area contributed by atoms with Crippen molar-refractivity contribution in [3.8, 4) is 6.07 Å². The van der Waals surface area contributed by atoms with Gasteiger partial charge in [0.25, 0.3) is 0 Å². The van der Waals surface area contributed by atoms with E-state index < -0.39 is 0 Å². The van der Waals surface area contributed by atoms with Crippen LogP contribution in [0.2, 0.25) is 0 Å². The molecule has 0 heterocycles. The van der Waals surface area contributed by atoms with E-state index in [4.69, 9.17) is 5.26 Å². The smallest absolute Gasteiger partial charge is 0.191 e. The molecule has 0 atom stereocenters. The Kier molecular flexibility index (Phi) is 9.39. The first kappa shape index (κ1) is 21.3. The summed E-state index contributed by atoms with van der Waals surface area (Å²) in [5.74, 6) is 0.756. The van der Waals surface area contributed by atoms with Crippen LogP contribution in [0, 0.1) is 18.3 Å². The van der Waals surface area contributed by atoms with E-state index in [9.17, 15) is 0 Å². The van der Waals surface area contributed by atoms with Gasteiger partial charge in [-0.25, -0.2) is 0 Å². The zero-order valence-corrected chi connectivity index (χ0v) is 17.8. The number of hydrogen-bond acceptors (Lipinski definition) is 3. The van der Waals surface area contributed by atoms with Gasteiger partial charge in [0.1, 0.15) is 0 Å². The highest BCUT2D eigenvalue weighted by atomic mass is 127. The lowest BCUT2D eigenvalue weighted by Crippen LogP contribution is -2.36. The minimum Gasteiger partial charge on any atom is -0.352 e. The number of nitrogens with one attached hydrogen (secondary N) is 2. The molecule has 0 spiro atoms. The van der Waals surface area contributed by atoms with Crippen LogP contribution in [0.4, 0.5) is 0 Å². The van der Waals surface area contributed by atoms with Crippen molar-refractivity contribution in [3.05, 3.63) is 64.7 Å². The van der Waals surface area contributed by atoms with Crippen molar-refractivity contribution in [3.63, 3.8) is 0 Å². The normalized spacial score (nSPS) is 10.6. The molecule has 0 aromatic heterocycles. The first-order valence-corrected chi connectivity index (χ1v) is 8.96. The van der Waals surface area contributed by atoms with Crippen molar-refractivity contribution >= 4 is 41.7 Å². The molecular formula is C19H23IN4S. The average Bonchev–Trinajstić information content (AvgIpc) is 2.63. The van der Waals surface area contributed by atoms with E-state index in [-0.39, 0.29) is 24.0 Å². The minimum absolute atomic E-state index is 0. The second kappa shape index (κ2) is 11.0. The van der Waals surface area contributed by atoms with Crippen LogP contribution in [-0.2, 0) is 13.1 Å². The molecule has 4 nitrogen and oxygen atoms in total. The van der Waals surface area contributed by atoms with E-state index in [1.165, 1.54) is 16.0 Å². The largest absolute Gasteiger partial charge is 0.352 e. The van der Waals surface area contributed by atoms with Crippen molar-refractivity contribution in [2.24, 2.45) is 4.99 Å². The predicted octanol–water partition coefficient (Wildman–Crippen LogP) is 4.07. The zero-order valence-electron chi connectivity index (χ0n) is 14.7. The Morgan fingerprint density at radius 2 is 1.80 bits per heavy atom. The van der Waals surface area contributed by atoms with Crippen molar-refractivity contribution in [2.45, 2.75) is 24.9 Å². The number of benzene rings is 2. The monoisotopic (exact) mass is 466 g/mol. The lowest BCUT2D eigenvalue weighted by molar-refractivity contribution is 0.801. The van der Waals surface area contributed by atoms with Gasteiger partial charge in [-0.3, -0.25) is 4.99 Å². The van der Waals surface area contributed by atoms with Crippen molar-refractivity contribution in [1.82, 2.24) is 10.6 Å². The number of nitriles is 1. The molecule has 0 fully saturated rings. The van der Waals surface area contributed by atoms with E-state index in [2.05, 4.69) is 53.1 Å². The van der Waals surface area contributed by atoms with Gasteiger partial charge < -0.3 is 10.6 Å². The Morgan fingerprint density at radius 3 is 2.40 bits per heavy atom. The molecule has 132 valence electrons. The van der Waals surface area contributed by atoms with Gasteiger partial charge in [-0.1, -0.05) is 24.3 Å². The Hall–Kier alpha value is -1.72. The predicted molar refractivity (Wildman–Crippen MR) is 117 cm³/mol. The molecule has 2 aromatic carbocycles. The number of aryl methyl sites for hydroxylation is 1. The third-order valence-corrected chi connectivity index (χ3v) is 4.48. The van der Waals surface area contributed by atoms with Crippen LogP contribution in [0.3, 0.4) is 0 Å². The molecule has 0 saturated heterocycles. The van der Waals surface area contributed by atoms with Crippen LogP contribution < -0.4 is 10.6 Å². The highest BCUT2D eigenvalue weighted by molar-refractivity contribution is 14.0. The number of rotatable bonds is 5. The van der Waals surface area contributed by atoms with E-state index in [0.717, 1.165) is 18.1 Å². The molecule has 0 aliphatic heterocycles. The SMILES string of the molecule is CN=C(NCc1ccc(C#N)cc1)NCc1ccc(C)cc1SC.I. The summed E-state index contributed by atoms with van der Waals surface area (Å²) in [7, 11) is 1.76. The summed E-state index contributed by atoms with van der Waals surface area (Å²) in [6.45, 7) is 3.49. The molecule has 0 aliphatic carbocycles. The van der Waals surface area contributed by atoms with Gasteiger partial charge in [0.2, 0.25) is 0 Å². The average molecular weight is 466 g/mol. The Bertz CT molecular complexity index is 751. The van der Waals surface area contributed by atoms with Crippen molar-refractivity contribution in [1.29, 1.82) is 5.26 Å². The van der Waals surface area contributed by atoms with Crippen molar-refractivity contribution in [2.75, 3.05) is 13.3 Å². The van der Waals surface area contributed by atoms with Gasteiger partial charge in [-0.05, 0) is 48.1 Å². The molecule has 0 amide bonds. The molecule has 0 aliphatic rings. The zero-order chi connectivity index (χ0) is 17.4. The first-order valence-electron chi connectivity index (χ1n) is 7.73. The van der Waals surface area contributed by atoms with Crippen LogP contribution in [0.1, 0.15) is 22.3 Å². The topological polar surface area (TPSA) is 60.2 Å². The molecule has 0 bridgehead atoms. The van der Waals surface area contributed by atoms with Crippen LogP contribution in [0.25, 0.3) is 0 Å². The maximum atomic E-state index is 8.83. The second-order valence-electron chi connectivity index (χ2n) is 5.40. The summed E-state index contributed by atoms with van der Waals surface area (Å²) in [5, 5.41) is 15.5. The van der Waals surface area contributed by atoms with Crippen molar-refractivity contribution < 1.29 is 0 Å². The lowest BCUT2D eigenvalue weighted by Gasteiger charge is -2.14. The second-order valence-corrected chi connectivity index (χ2v) is 6.25. The first-order chi connectivity index (χ1) is 11.7. The van der Waals surface area contributed by atoms with Crippen LogP contribution in [0.15, 0.2) is 52.4 Å². The fraction of sp³-hybridized carbons (Fsp3) is 0.263. The molecular weight excluding hydrogens is 443 g/mol. The summed E-state index contributed by atoms with van der Waals surface area (Å²) in [4.78, 5) is 5.54. The quantitative estimate of drug-likeness (QED) is 0.302. The molecule has 2 N–H and O–H groups in total. The Balaban J connectivity index is 0.00000312. The van der Waals surface area contributed by atoms with E-state index >= 15 is 0 Å². The Morgan fingerprint density at radius 1 is 1.12 bits per heavy atom. The van der Waals surface area contributed by atoms with Gasteiger partial charge in [-0.2, -0.15) is 5.26 Å². The minimum atomic E-state index is 0. The summed E-state index contributed by atoms with van der Waals surface area (Å²) in [6.07, 6.45) is 2.09. The number of thioether (sulfide) groups is 1. The number of hydrogen-bond donors (Lipinski definition) is 2. The summed E-state index contributed by atoms with van der Waals surface area (Å²) in [5.41, 5.74) is 4.31. The Labute approximate surface area is 171 Å². The molecule has 2 rings (SSSR count). The molecule has 0 radical (unpaired) electrons. The summed E-state index contributed by atoms with van der Waals surface area (Å²) in [6, 6.07) is 16.2. The lowest BCUT2D eigenvalue weighted by atomic mass is 10.1. The number of aliphatic imine (C=N–C) groups is 1. The van der Waals surface area contributed by atoms with Gasteiger partial charge in [-0.15, -0.1) is 35.7 Å². The van der Waals surface area contributed by atoms with Gasteiger partial charge >= 0.3 is 0 Å².